The third kappa shape index (κ3) is 3.67. The molecule has 0 radical (unpaired) electrons. The zero-order chi connectivity index (χ0) is 12.8. The molecule has 1 aromatic heterocycles. The molecule has 0 unspecified atom stereocenters. The molecule has 1 heterocycles. The van der Waals surface area contributed by atoms with E-state index in [1.165, 1.54) is 19.3 Å². The van der Waals surface area contributed by atoms with Crippen molar-refractivity contribution in [2.75, 3.05) is 7.11 Å². The van der Waals surface area contributed by atoms with Gasteiger partial charge in [-0.2, -0.15) is 0 Å². The van der Waals surface area contributed by atoms with Crippen LogP contribution in [0.1, 0.15) is 22.5 Å². The Bertz CT molecular complexity index is 471. The summed E-state index contributed by atoms with van der Waals surface area (Å²) in [7, 11) is 1.26. The minimum absolute atomic E-state index is 0.0396. The number of carboxylic acid groups (broad SMARTS) is 1. The molecule has 1 rings (SSSR count). The molecule has 0 bridgehead atoms. The highest BCUT2D eigenvalue weighted by atomic mass is 19.1. The van der Waals surface area contributed by atoms with E-state index in [2.05, 4.69) is 9.72 Å². The maximum absolute atomic E-state index is 13.0. The van der Waals surface area contributed by atoms with Crippen molar-refractivity contribution in [2.45, 2.75) is 6.42 Å². The number of pyridine rings is 1. The summed E-state index contributed by atoms with van der Waals surface area (Å²) in [6.45, 7) is 0. The number of aromatic carboxylic acids is 1. The fourth-order valence-corrected chi connectivity index (χ4v) is 1.07. The number of carbonyl (C=O) groups excluding carboxylic acids is 1. The van der Waals surface area contributed by atoms with Crippen LogP contribution in [0.3, 0.4) is 0 Å². The quantitative estimate of drug-likeness (QED) is 0.805. The van der Waals surface area contributed by atoms with Gasteiger partial charge in [0.15, 0.2) is 5.82 Å². The highest BCUT2D eigenvalue weighted by Gasteiger charge is 2.10. The topological polar surface area (TPSA) is 76.5 Å². The number of hydrogen-bond donors (Lipinski definition) is 1. The Morgan fingerprint density at radius 1 is 1.59 bits per heavy atom. The molecule has 0 spiro atoms. The summed E-state index contributed by atoms with van der Waals surface area (Å²) in [6, 6.07) is 1.09. The summed E-state index contributed by atoms with van der Waals surface area (Å²) in [5.74, 6) is -2.70. The van der Waals surface area contributed by atoms with Crippen LogP contribution in [0.15, 0.2) is 18.3 Å². The normalized spacial score (nSPS) is 10.5. The average Bonchev–Trinajstić information content (AvgIpc) is 2.30. The molecule has 0 atom stereocenters. The fourth-order valence-electron chi connectivity index (χ4n) is 1.07. The minimum Gasteiger partial charge on any atom is -0.478 e. The Morgan fingerprint density at radius 2 is 2.29 bits per heavy atom. The number of halogens is 1. The molecule has 90 valence electrons. The molecule has 0 aliphatic carbocycles. The van der Waals surface area contributed by atoms with Gasteiger partial charge in [0.2, 0.25) is 0 Å². The van der Waals surface area contributed by atoms with Gasteiger partial charge in [-0.3, -0.25) is 9.78 Å². The molecule has 17 heavy (non-hydrogen) atoms. The number of carbonyl (C=O) groups is 2. The number of hydrogen-bond acceptors (Lipinski definition) is 4. The number of methoxy groups -OCH3 is 1. The summed E-state index contributed by atoms with van der Waals surface area (Å²) < 4.78 is 17.4. The molecule has 5 nitrogen and oxygen atoms in total. The third-order valence-electron chi connectivity index (χ3n) is 1.91. The van der Waals surface area contributed by atoms with Gasteiger partial charge in [-0.1, -0.05) is 6.08 Å². The zero-order valence-corrected chi connectivity index (χ0v) is 9.01. The summed E-state index contributed by atoms with van der Waals surface area (Å²) >= 11 is 0. The van der Waals surface area contributed by atoms with Crippen molar-refractivity contribution in [1.29, 1.82) is 0 Å². The standard InChI is InChI=1S/C11H10FNO4/c1-17-10(14)4-2-3-7-5-8(11(15)16)9(12)6-13-7/h2-3,5-6H,4H2,1H3,(H,15,16). The van der Waals surface area contributed by atoms with Gasteiger partial charge in [-0.25, -0.2) is 9.18 Å². The highest BCUT2D eigenvalue weighted by molar-refractivity contribution is 5.88. The Balaban J connectivity index is 2.82. The number of carboxylic acids is 1. The number of ether oxygens (including phenoxy) is 1. The second kappa shape index (κ2) is 5.74. The Labute approximate surface area is 96.5 Å². The van der Waals surface area contributed by atoms with E-state index in [0.717, 1.165) is 12.3 Å². The van der Waals surface area contributed by atoms with E-state index in [4.69, 9.17) is 5.11 Å². The van der Waals surface area contributed by atoms with Gasteiger partial charge >= 0.3 is 11.9 Å². The van der Waals surface area contributed by atoms with Crippen LogP contribution in [0.4, 0.5) is 4.39 Å². The largest absolute Gasteiger partial charge is 0.478 e. The second-order valence-electron chi connectivity index (χ2n) is 3.08. The molecular formula is C11H10FNO4. The maximum Gasteiger partial charge on any atom is 0.338 e. The van der Waals surface area contributed by atoms with Crippen molar-refractivity contribution in [2.24, 2.45) is 0 Å². The third-order valence-corrected chi connectivity index (χ3v) is 1.91. The molecule has 0 aromatic carbocycles. The van der Waals surface area contributed by atoms with Crippen LogP contribution in [0, 0.1) is 5.82 Å². The first-order valence-corrected chi connectivity index (χ1v) is 4.66. The van der Waals surface area contributed by atoms with Gasteiger partial charge in [0, 0.05) is 0 Å². The fraction of sp³-hybridized carbons (Fsp3) is 0.182. The van der Waals surface area contributed by atoms with E-state index in [1.807, 2.05) is 0 Å². The van der Waals surface area contributed by atoms with Crippen LogP contribution in [0.2, 0.25) is 0 Å². The lowest BCUT2D eigenvalue weighted by atomic mass is 10.2. The Hall–Kier alpha value is -2.24. The number of nitrogens with zero attached hydrogens (tertiary/aromatic N) is 1. The molecule has 0 saturated carbocycles. The lowest BCUT2D eigenvalue weighted by Crippen LogP contribution is -2.02. The lowest BCUT2D eigenvalue weighted by molar-refractivity contribution is -0.139. The van der Waals surface area contributed by atoms with Gasteiger partial charge in [-0.15, -0.1) is 0 Å². The van der Waals surface area contributed by atoms with E-state index in [9.17, 15) is 14.0 Å². The smallest absolute Gasteiger partial charge is 0.338 e. The number of rotatable bonds is 4. The minimum atomic E-state index is -1.37. The molecule has 1 aromatic rings. The van der Waals surface area contributed by atoms with Gasteiger partial charge in [0.05, 0.1) is 31.0 Å². The van der Waals surface area contributed by atoms with Crippen molar-refractivity contribution >= 4 is 18.0 Å². The van der Waals surface area contributed by atoms with Crippen molar-refractivity contribution < 1.29 is 23.8 Å². The van der Waals surface area contributed by atoms with E-state index in [1.54, 1.807) is 0 Å². The van der Waals surface area contributed by atoms with E-state index >= 15 is 0 Å². The maximum atomic E-state index is 13.0. The predicted octanol–water partition coefficient (Wildman–Crippen LogP) is 1.50. The summed E-state index contributed by atoms with van der Waals surface area (Å²) in [4.78, 5) is 25.1. The molecule has 0 aliphatic rings. The van der Waals surface area contributed by atoms with Crippen LogP contribution < -0.4 is 0 Å². The van der Waals surface area contributed by atoms with Crippen molar-refractivity contribution in [3.05, 3.63) is 35.4 Å². The van der Waals surface area contributed by atoms with Crippen LogP contribution in [-0.2, 0) is 9.53 Å². The monoisotopic (exact) mass is 239 g/mol. The zero-order valence-electron chi connectivity index (χ0n) is 9.01. The Kier molecular flexibility index (Phi) is 4.33. The molecule has 0 fully saturated rings. The summed E-state index contributed by atoms with van der Waals surface area (Å²) in [6.07, 6.45) is 3.74. The first-order chi connectivity index (χ1) is 8.04. The molecule has 0 amide bonds. The molecule has 0 aliphatic heterocycles. The van der Waals surface area contributed by atoms with E-state index in [-0.39, 0.29) is 12.1 Å². The van der Waals surface area contributed by atoms with E-state index in [0.29, 0.717) is 0 Å². The Morgan fingerprint density at radius 3 is 2.88 bits per heavy atom. The van der Waals surface area contributed by atoms with Crippen LogP contribution in [0.5, 0.6) is 0 Å². The summed E-state index contributed by atoms with van der Waals surface area (Å²) in [5, 5.41) is 8.68. The van der Waals surface area contributed by atoms with Crippen LogP contribution in [0.25, 0.3) is 6.08 Å². The molecule has 1 N–H and O–H groups in total. The van der Waals surface area contributed by atoms with Gasteiger partial charge in [-0.05, 0) is 12.1 Å². The van der Waals surface area contributed by atoms with Crippen molar-refractivity contribution in [1.82, 2.24) is 4.98 Å². The van der Waals surface area contributed by atoms with Gasteiger partial charge < -0.3 is 9.84 Å². The van der Waals surface area contributed by atoms with E-state index < -0.39 is 23.3 Å². The van der Waals surface area contributed by atoms with Gasteiger partial charge in [0.25, 0.3) is 0 Å². The van der Waals surface area contributed by atoms with Crippen LogP contribution in [-0.4, -0.2) is 29.1 Å². The average molecular weight is 239 g/mol. The molecule has 6 heteroatoms. The predicted molar refractivity (Wildman–Crippen MR) is 56.8 cm³/mol. The summed E-state index contributed by atoms with van der Waals surface area (Å²) in [5.41, 5.74) is -0.203. The first kappa shape index (κ1) is 12.8. The van der Waals surface area contributed by atoms with Crippen LogP contribution >= 0.6 is 0 Å². The number of aromatic nitrogens is 1. The van der Waals surface area contributed by atoms with Gasteiger partial charge in [0.1, 0.15) is 0 Å². The second-order valence-corrected chi connectivity index (χ2v) is 3.08. The number of esters is 1. The van der Waals surface area contributed by atoms with Crippen molar-refractivity contribution in [3.8, 4) is 0 Å². The SMILES string of the molecule is COC(=O)CC=Cc1cc(C(=O)O)c(F)cn1. The lowest BCUT2D eigenvalue weighted by Gasteiger charge is -1.98. The molecular weight excluding hydrogens is 229 g/mol. The molecule has 0 saturated heterocycles. The van der Waals surface area contributed by atoms with Crippen molar-refractivity contribution in [3.63, 3.8) is 0 Å². The first-order valence-electron chi connectivity index (χ1n) is 4.66. The highest BCUT2D eigenvalue weighted by Crippen LogP contribution is 2.09.